The van der Waals surface area contributed by atoms with Crippen LogP contribution in [0.2, 0.25) is 0 Å². The average molecular weight is 224 g/mol. The highest BCUT2D eigenvalue weighted by Gasteiger charge is 2.17. The zero-order valence-corrected chi connectivity index (χ0v) is 9.80. The minimum atomic E-state index is 0.0190. The molecule has 0 aromatic carbocycles. The first-order chi connectivity index (χ1) is 7.77. The third-order valence-corrected chi connectivity index (χ3v) is 3.20. The molecule has 2 unspecified atom stereocenters. The Labute approximate surface area is 96.0 Å². The molecule has 2 atom stereocenters. The van der Waals surface area contributed by atoms with Crippen LogP contribution in [0.4, 0.5) is 0 Å². The predicted octanol–water partition coefficient (Wildman–Crippen LogP) is 1.16. The molecule has 2 heterocycles. The lowest BCUT2D eigenvalue weighted by molar-refractivity contribution is 0.00902. The first-order valence-electron chi connectivity index (χ1n) is 5.99. The van der Waals surface area contributed by atoms with Gasteiger partial charge in [-0.05, 0) is 32.1 Å². The molecule has 16 heavy (non-hydrogen) atoms. The van der Waals surface area contributed by atoms with Gasteiger partial charge in [-0.3, -0.25) is 4.68 Å². The molecule has 0 amide bonds. The lowest BCUT2D eigenvalue weighted by Gasteiger charge is -2.23. The largest absolute Gasteiger partial charge is 0.378 e. The van der Waals surface area contributed by atoms with E-state index >= 15 is 0 Å². The molecule has 1 fully saturated rings. The van der Waals surface area contributed by atoms with Crippen LogP contribution in [-0.4, -0.2) is 27.7 Å². The van der Waals surface area contributed by atoms with E-state index in [1.807, 2.05) is 7.05 Å². The third kappa shape index (κ3) is 2.80. The van der Waals surface area contributed by atoms with Crippen molar-refractivity contribution < 1.29 is 4.74 Å². The molecule has 1 aliphatic heterocycles. The molecular formula is C11H20N4O. The number of hydrogen-bond acceptors (Lipinski definition) is 4. The van der Waals surface area contributed by atoms with Crippen molar-refractivity contribution in [3.8, 4) is 0 Å². The molecule has 90 valence electrons. The molecule has 1 aromatic heterocycles. The van der Waals surface area contributed by atoms with Crippen molar-refractivity contribution in [2.75, 3.05) is 6.61 Å². The van der Waals surface area contributed by atoms with Gasteiger partial charge in [-0.15, -0.1) is 5.10 Å². The van der Waals surface area contributed by atoms with Crippen molar-refractivity contribution >= 4 is 0 Å². The van der Waals surface area contributed by atoms with Crippen LogP contribution in [0.25, 0.3) is 0 Å². The van der Waals surface area contributed by atoms with E-state index in [2.05, 4.69) is 10.3 Å². The summed E-state index contributed by atoms with van der Waals surface area (Å²) in [5.41, 5.74) is 7.10. The van der Waals surface area contributed by atoms with E-state index in [4.69, 9.17) is 10.5 Å². The number of aryl methyl sites for hydroxylation is 1. The second kappa shape index (κ2) is 5.41. The molecule has 1 aliphatic rings. The number of ether oxygens (including phenoxy) is 1. The first-order valence-corrected chi connectivity index (χ1v) is 5.99. The second-order valence-corrected chi connectivity index (χ2v) is 4.45. The van der Waals surface area contributed by atoms with E-state index in [9.17, 15) is 0 Å². The second-order valence-electron chi connectivity index (χ2n) is 4.45. The summed E-state index contributed by atoms with van der Waals surface area (Å²) >= 11 is 0. The van der Waals surface area contributed by atoms with Crippen molar-refractivity contribution in [2.45, 2.75) is 44.2 Å². The maximum Gasteiger partial charge on any atom is 0.0751 e. The molecule has 5 heteroatoms. The summed E-state index contributed by atoms with van der Waals surface area (Å²) in [5, 5.41) is 7.73. The molecular weight excluding hydrogens is 204 g/mol. The third-order valence-electron chi connectivity index (χ3n) is 3.20. The van der Waals surface area contributed by atoms with E-state index < -0.39 is 0 Å². The molecule has 2 N–H and O–H groups in total. The topological polar surface area (TPSA) is 66.0 Å². The number of nitrogens with zero attached hydrogens (tertiary/aromatic N) is 3. The van der Waals surface area contributed by atoms with Gasteiger partial charge in [-0.1, -0.05) is 5.21 Å². The highest BCUT2D eigenvalue weighted by molar-refractivity contribution is 5.00. The molecule has 0 aliphatic carbocycles. The van der Waals surface area contributed by atoms with Gasteiger partial charge in [0, 0.05) is 19.7 Å². The Kier molecular flexibility index (Phi) is 3.90. The summed E-state index contributed by atoms with van der Waals surface area (Å²) in [5.74, 6) is 0. The van der Waals surface area contributed by atoms with Gasteiger partial charge in [0.25, 0.3) is 0 Å². The van der Waals surface area contributed by atoms with Crippen LogP contribution in [0.1, 0.15) is 43.8 Å². The van der Waals surface area contributed by atoms with Crippen molar-refractivity contribution in [1.29, 1.82) is 0 Å². The van der Waals surface area contributed by atoms with Gasteiger partial charge in [0.05, 0.1) is 18.0 Å². The summed E-state index contributed by atoms with van der Waals surface area (Å²) in [7, 11) is 1.87. The highest BCUT2D eigenvalue weighted by Crippen LogP contribution is 2.21. The smallest absolute Gasteiger partial charge is 0.0751 e. The first kappa shape index (κ1) is 11.5. The Hall–Kier alpha value is -0.940. The molecule has 5 nitrogen and oxygen atoms in total. The quantitative estimate of drug-likeness (QED) is 0.833. The van der Waals surface area contributed by atoms with Crippen LogP contribution in [0.3, 0.4) is 0 Å². The van der Waals surface area contributed by atoms with Gasteiger partial charge in [0.15, 0.2) is 0 Å². The summed E-state index contributed by atoms with van der Waals surface area (Å²) in [6.07, 6.45) is 7.78. The fraction of sp³-hybridized carbons (Fsp3) is 0.818. The lowest BCUT2D eigenvalue weighted by Crippen LogP contribution is -2.22. The van der Waals surface area contributed by atoms with Crippen LogP contribution in [0.5, 0.6) is 0 Å². The number of rotatable bonds is 4. The van der Waals surface area contributed by atoms with Crippen molar-refractivity contribution in [3.05, 3.63) is 11.9 Å². The summed E-state index contributed by atoms with van der Waals surface area (Å²) in [4.78, 5) is 0. The molecule has 1 aromatic rings. The Morgan fingerprint density at radius 1 is 1.62 bits per heavy atom. The fourth-order valence-electron chi connectivity index (χ4n) is 2.18. The van der Waals surface area contributed by atoms with Crippen LogP contribution in [0, 0.1) is 0 Å². The number of hydrogen-bond donors (Lipinski definition) is 1. The van der Waals surface area contributed by atoms with Gasteiger partial charge in [-0.25, -0.2) is 0 Å². The van der Waals surface area contributed by atoms with Gasteiger partial charge in [-0.2, -0.15) is 0 Å². The van der Waals surface area contributed by atoms with Gasteiger partial charge in [0.1, 0.15) is 0 Å². The number of aromatic nitrogens is 3. The molecule has 1 saturated heterocycles. The van der Waals surface area contributed by atoms with Crippen LogP contribution >= 0.6 is 0 Å². The Morgan fingerprint density at radius 2 is 2.50 bits per heavy atom. The summed E-state index contributed by atoms with van der Waals surface area (Å²) in [6, 6.07) is 0.0190. The average Bonchev–Trinajstić information content (AvgIpc) is 2.74. The molecule has 0 bridgehead atoms. The molecule has 0 radical (unpaired) electrons. The van der Waals surface area contributed by atoms with Gasteiger partial charge >= 0.3 is 0 Å². The van der Waals surface area contributed by atoms with E-state index in [1.165, 1.54) is 19.3 Å². The maximum absolute atomic E-state index is 6.10. The zero-order chi connectivity index (χ0) is 11.4. The van der Waals surface area contributed by atoms with Crippen LogP contribution in [-0.2, 0) is 11.8 Å². The Bertz CT molecular complexity index is 320. The Morgan fingerprint density at radius 3 is 3.12 bits per heavy atom. The highest BCUT2D eigenvalue weighted by atomic mass is 16.5. The van der Waals surface area contributed by atoms with E-state index in [1.54, 1.807) is 10.9 Å². The molecule has 2 rings (SSSR count). The molecule has 0 saturated carbocycles. The summed E-state index contributed by atoms with van der Waals surface area (Å²) in [6.45, 7) is 0.910. The van der Waals surface area contributed by atoms with E-state index in [0.29, 0.717) is 6.10 Å². The van der Waals surface area contributed by atoms with Crippen LogP contribution < -0.4 is 5.73 Å². The minimum absolute atomic E-state index is 0.0190. The van der Waals surface area contributed by atoms with E-state index in [-0.39, 0.29) is 6.04 Å². The van der Waals surface area contributed by atoms with Gasteiger partial charge < -0.3 is 10.5 Å². The maximum atomic E-state index is 6.10. The SMILES string of the molecule is Cn1nncc1C(N)CCC1CCCCO1. The predicted molar refractivity (Wildman–Crippen MR) is 60.8 cm³/mol. The van der Waals surface area contributed by atoms with Crippen LogP contribution in [0.15, 0.2) is 6.20 Å². The fourth-order valence-corrected chi connectivity index (χ4v) is 2.18. The zero-order valence-electron chi connectivity index (χ0n) is 9.80. The summed E-state index contributed by atoms with van der Waals surface area (Å²) < 4.78 is 7.42. The minimum Gasteiger partial charge on any atom is -0.378 e. The van der Waals surface area contributed by atoms with Crippen molar-refractivity contribution in [2.24, 2.45) is 12.8 Å². The number of nitrogens with two attached hydrogens (primary N) is 1. The monoisotopic (exact) mass is 224 g/mol. The normalized spacial score (nSPS) is 23.2. The standard InChI is InChI=1S/C11H20N4O/c1-15-11(8-13-14-15)10(12)6-5-9-4-2-3-7-16-9/h8-10H,2-7,12H2,1H3. The van der Waals surface area contributed by atoms with Crippen molar-refractivity contribution in [3.63, 3.8) is 0 Å². The lowest BCUT2D eigenvalue weighted by atomic mass is 10.0. The Balaban J connectivity index is 1.79. The van der Waals surface area contributed by atoms with E-state index in [0.717, 1.165) is 25.1 Å². The van der Waals surface area contributed by atoms with Gasteiger partial charge in [0.2, 0.25) is 0 Å². The van der Waals surface area contributed by atoms with Crippen molar-refractivity contribution in [1.82, 2.24) is 15.0 Å². The molecule has 0 spiro atoms.